The Morgan fingerprint density at radius 3 is 1.80 bits per heavy atom. The van der Waals surface area contributed by atoms with Crippen molar-refractivity contribution in [3.05, 3.63) is 66.7 Å². The van der Waals surface area contributed by atoms with Gasteiger partial charge in [0.15, 0.2) is 4.30 Å². The number of hydrogen-bond donors (Lipinski definition) is 0. The first-order valence-electron chi connectivity index (χ1n) is 9.85. The van der Waals surface area contributed by atoms with Gasteiger partial charge in [0, 0.05) is 0 Å². The molecule has 2 bridgehead atoms. The van der Waals surface area contributed by atoms with Gasteiger partial charge in [0.2, 0.25) is 11.8 Å². The van der Waals surface area contributed by atoms with Gasteiger partial charge in [-0.3, -0.25) is 9.59 Å². The lowest BCUT2D eigenvalue weighted by molar-refractivity contribution is -0.123. The number of carbonyl (C=O) groups excluding carboxylic acids is 2. The molecule has 0 unspecified atom stereocenters. The van der Waals surface area contributed by atoms with E-state index in [-0.39, 0.29) is 35.5 Å². The molecule has 0 radical (unpaired) electrons. The summed E-state index contributed by atoms with van der Waals surface area (Å²) in [5.74, 6) is 0.162. The Kier molecular flexibility index (Phi) is 5.01. The number of benzene rings is 3. The zero-order valence-corrected chi connectivity index (χ0v) is 18.1. The van der Waals surface area contributed by atoms with Crippen LogP contribution < -0.4 is 4.90 Å². The second-order valence-corrected chi connectivity index (χ2v) is 9.97. The van der Waals surface area contributed by atoms with Crippen molar-refractivity contribution in [2.75, 3.05) is 4.90 Å². The van der Waals surface area contributed by atoms with Crippen LogP contribution in [0.4, 0.5) is 5.69 Å². The first-order chi connectivity index (χ1) is 14.4. The molecule has 3 aliphatic rings. The lowest BCUT2D eigenvalue weighted by Crippen LogP contribution is -2.32. The van der Waals surface area contributed by atoms with E-state index in [4.69, 9.17) is 34.8 Å². The number of imide groups is 1. The molecular formula is C24H18Cl3NO2. The summed E-state index contributed by atoms with van der Waals surface area (Å²) < 4.78 is -0.750. The Morgan fingerprint density at radius 1 is 0.733 bits per heavy atom. The highest BCUT2D eigenvalue weighted by molar-refractivity contribution is 6.63. The highest BCUT2D eigenvalue weighted by Crippen LogP contribution is 2.53. The Labute approximate surface area is 189 Å². The predicted octanol–water partition coefficient (Wildman–Crippen LogP) is 6.29. The third kappa shape index (κ3) is 3.20. The third-order valence-electron chi connectivity index (χ3n) is 6.42. The number of allylic oxidation sites excluding steroid dienone is 2. The Bertz CT molecular complexity index is 1170. The van der Waals surface area contributed by atoms with Crippen molar-refractivity contribution in [2.24, 2.45) is 23.7 Å². The number of hydrogen-bond acceptors (Lipinski definition) is 2. The molecule has 152 valence electrons. The van der Waals surface area contributed by atoms with Crippen LogP contribution in [0.2, 0.25) is 0 Å². The number of carbonyl (C=O) groups is 2. The van der Waals surface area contributed by atoms with Gasteiger partial charge in [0.05, 0.1) is 17.5 Å². The smallest absolute Gasteiger partial charge is 0.238 e. The standard InChI is InChI=1S/C23H17NO2.CHCl3/c25-22-20-16-5-6-17(11-16)21(20)23(26)24(22)19-8-7-15-9-13-3-1-2-4-14(13)10-18(15)12-19;2-1(3)4/h1-10,12,16-17,20-21H,11H2;1H/t16-,17+,20-,21+;. The molecule has 2 amide bonds. The molecule has 3 aromatic rings. The normalized spacial score (nSPS) is 26.6. The van der Waals surface area contributed by atoms with Crippen LogP contribution in [0.1, 0.15) is 6.42 Å². The van der Waals surface area contributed by atoms with Crippen molar-refractivity contribution >= 4 is 73.8 Å². The second-order valence-electron chi connectivity index (χ2n) is 7.99. The molecule has 4 atom stereocenters. The van der Waals surface area contributed by atoms with Gasteiger partial charge in [-0.05, 0) is 64.1 Å². The van der Waals surface area contributed by atoms with Gasteiger partial charge in [-0.25, -0.2) is 4.90 Å². The van der Waals surface area contributed by atoms with Crippen LogP contribution in [0.15, 0.2) is 66.7 Å². The van der Waals surface area contributed by atoms with E-state index < -0.39 is 4.30 Å². The number of anilines is 1. The minimum atomic E-state index is -0.750. The Hall–Kier alpha value is -2.07. The Morgan fingerprint density at radius 2 is 1.23 bits per heavy atom. The average Bonchev–Trinajstić information content (AvgIpc) is 3.39. The maximum Gasteiger partial charge on any atom is 0.238 e. The minimum Gasteiger partial charge on any atom is -0.274 e. The molecule has 0 N–H and O–H groups in total. The van der Waals surface area contributed by atoms with Crippen LogP contribution in [0.25, 0.3) is 21.5 Å². The third-order valence-corrected chi connectivity index (χ3v) is 6.42. The lowest BCUT2D eigenvalue weighted by Gasteiger charge is -2.18. The molecule has 2 aliphatic carbocycles. The molecule has 6 heteroatoms. The largest absolute Gasteiger partial charge is 0.274 e. The van der Waals surface area contributed by atoms with Crippen LogP contribution in [-0.2, 0) is 9.59 Å². The highest BCUT2D eigenvalue weighted by atomic mass is 35.6. The molecule has 2 fully saturated rings. The SMILES string of the molecule is ClC(Cl)Cl.O=C1[C@@H]2[C@H](C(=O)N1c1ccc3cc4ccccc4cc3c1)[C@@H]1C=C[C@H]2C1. The van der Waals surface area contributed by atoms with Gasteiger partial charge in [-0.15, -0.1) is 0 Å². The predicted molar refractivity (Wildman–Crippen MR) is 123 cm³/mol. The molecular weight excluding hydrogens is 441 g/mol. The fourth-order valence-corrected chi connectivity index (χ4v) is 5.22. The van der Waals surface area contributed by atoms with Crippen LogP contribution in [0.3, 0.4) is 0 Å². The maximum absolute atomic E-state index is 13.0. The molecule has 3 aromatic carbocycles. The molecule has 1 aliphatic heterocycles. The Balaban J connectivity index is 0.000000446. The van der Waals surface area contributed by atoms with Crippen molar-refractivity contribution in [1.82, 2.24) is 0 Å². The van der Waals surface area contributed by atoms with Crippen LogP contribution >= 0.6 is 34.8 Å². The quantitative estimate of drug-likeness (QED) is 0.186. The molecule has 6 rings (SSSR count). The zero-order chi connectivity index (χ0) is 21.0. The molecule has 1 saturated heterocycles. The molecule has 1 saturated carbocycles. The van der Waals surface area contributed by atoms with Crippen LogP contribution in [0, 0.1) is 23.7 Å². The molecule has 1 heterocycles. The summed E-state index contributed by atoms with van der Waals surface area (Å²) in [6.45, 7) is 0. The lowest BCUT2D eigenvalue weighted by atomic mass is 9.85. The summed E-state index contributed by atoms with van der Waals surface area (Å²) in [5, 5.41) is 4.53. The van der Waals surface area contributed by atoms with Gasteiger partial charge >= 0.3 is 0 Å². The summed E-state index contributed by atoms with van der Waals surface area (Å²) in [7, 11) is 0. The summed E-state index contributed by atoms with van der Waals surface area (Å²) >= 11 is 14.4. The van der Waals surface area contributed by atoms with E-state index in [0.29, 0.717) is 5.69 Å². The van der Waals surface area contributed by atoms with Crippen LogP contribution in [0.5, 0.6) is 0 Å². The van der Waals surface area contributed by atoms with Crippen LogP contribution in [-0.4, -0.2) is 16.1 Å². The van der Waals surface area contributed by atoms with E-state index >= 15 is 0 Å². The summed E-state index contributed by atoms with van der Waals surface area (Å²) in [6, 6.07) is 18.4. The van der Waals surface area contributed by atoms with E-state index in [2.05, 4.69) is 36.4 Å². The topological polar surface area (TPSA) is 37.4 Å². The maximum atomic E-state index is 13.0. The number of nitrogens with zero attached hydrogens (tertiary/aromatic N) is 1. The first-order valence-corrected chi connectivity index (χ1v) is 11.2. The number of fused-ring (bicyclic) bond motifs is 7. The van der Waals surface area contributed by atoms with Crippen molar-refractivity contribution in [3.8, 4) is 0 Å². The van der Waals surface area contributed by atoms with E-state index in [1.165, 1.54) is 10.3 Å². The second kappa shape index (κ2) is 7.56. The molecule has 0 aromatic heterocycles. The summed E-state index contributed by atoms with van der Waals surface area (Å²) in [6.07, 6.45) is 5.23. The average molecular weight is 459 g/mol. The molecule has 30 heavy (non-hydrogen) atoms. The number of halogens is 3. The van der Waals surface area contributed by atoms with Crippen molar-refractivity contribution < 1.29 is 9.59 Å². The first kappa shape index (κ1) is 19.9. The van der Waals surface area contributed by atoms with E-state index in [1.807, 2.05) is 30.3 Å². The van der Waals surface area contributed by atoms with Crippen molar-refractivity contribution in [2.45, 2.75) is 10.7 Å². The fourth-order valence-electron chi connectivity index (χ4n) is 5.22. The minimum absolute atomic E-state index is 0.0167. The van der Waals surface area contributed by atoms with Crippen molar-refractivity contribution in [1.29, 1.82) is 0 Å². The van der Waals surface area contributed by atoms with Gasteiger partial charge < -0.3 is 0 Å². The molecule has 3 nitrogen and oxygen atoms in total. The van der Waals surface area contributed by atoms with Gasteiger partial charge in [-0.2, -0.15) is 0 Å². The number of amides is 2. The van der Waals surface area contributed by atoms with E-state index in [0.717, 1.165) is 22.6 Å². The zero-order valence-electron chi connectivity index (χ0n) is 15.8. The monoisotopic (exact) mass is 457 g/mol. The number of rotatable bonds is 1. The summed E-state index contributed by atoms with van der Waals surface area (Å²) in [4.78, 5) is 27.5. The van der Waals surface area contributed by atoms with Gasteiger partial charge in [0.1, 0.15) is 0 Å². The summed E-state index contributed by atoms with van der Waals surface area (Å²) in [5.41, 5.74) is 0.705. The van der Waals surface area contributed by atoms with E-state index in [1.54, 1.807) is 0 Å². The highest BCUT2D eigenvalue weighted by Gasteiger charge is 2.59. The van der Waals surface area contributed by atoms with Crippen molar-refractivity contribution in [3.63, 3.8) is 0 Å². The number of alkyl halides is 3. The fraction of sp³-hybridized carbons (Fsp3) is 0.250. The van der Waals surface area contributed by atoms with E-state index in [9.17, 15) is 9.59 Å². The van der Waals surface area contributed by atoms with Gasteiger partial charge in [0.25, 0.3) is 0 Å². The molecule has 0 spiro atoms. The van der Waals surface area contributed by atoms with Gasteiger partial charge in [-0.1, -0.05) is 77.3 Å².